The summed E-state index contributed by atoms with van der Waals surface area (Å²) < 4.78 is 0. The van der Waals surface area contributed by atoms with Crippen LogP contribution in [0.5, 0.6) is 0 Å². The largest absolute Gasteiger partial charge is 0.0654 e. The molecule has 0 N–H and O–H groups in total. The van der Waals surface area contributed by atoms with Crippen molar-refractivity contribution < 1.29 is 0 Å². The standard InChI is InChI=1S/C15H32.C7H8/c1-3-5-7-9-11-13-15-14-12-10-8-6-4-2;1-7-5-3-2-4-6-7/h3-15H2,1-2H3;2-6H,1H3. The highest BCUT2D eigenvalue weighted by molar-refractivity contribution is 5.11. The van der Waals surface area contributed by atoms with E-state index in [1.165, 1.54) is 89.0 Å². The Morgan fingerprint density at radius 1 is 0.500 bits per heavy atom. The molecule has 0 saturated carbocycles. The van der Waals surface area contributed by atoms with E-state index in [2.05, 4.69) is 32.9 Å². The Hall–Kier alpha value is -0.780. The number of benzene rings is 1. The molecule has 0 aliphatic heterocycles. The quantitative estimate of drug-likeness (QED) is 0.342. The van der Waals surface area contributed by atoms with Gasteiger partial charge in [-0.1, -0.05) is 133 Å². The molecule has 1 rings (SSSR count). The van der Waals surface area contributed by atoms with Gasteiger partial charge in [-0.25, -0.2) is 0 Å². The van der Waals surface area contributed by atoms with E-state index in [1.54, 1.807) is 0 Å². The minimum absolute atomic E-state index is 1.32. The summed E-state index contributed by atoms with van der Waals surface area (Å²) in [5, 5.41) is 0. The Bertz CT molecular complexity index is 276. The number of unbranched alkanes of at least 4 members (excludes halogenated alkanes) is 12. The Labute approximate surface area is 140 Å². The van der Waals surface area contributed by atoms with Gasteiger partial charge in [0.25, 0.3) is 0 Å². The first-order valence-corrected chi connectivity index (χ1v) is 9.82. The van der Waals surface area contributed by atoms with E-state index in [0.29, 0.717) is 0 Å². The van der Waals surface area contributed by atoms with Crippen LogP contribution < -0.4 is 0 Å². The maximum atomic E-state index is 2.29. The van der Waals surface area contributed by atoms with Crippen molar-refractivity contribution in [2.24, 2.45) is 0 Å². The van der Waals surface area contributed by atoms with Crippen molar-refractivity contribution in [2.45, 2.75) is 104 Å². The summed E-state index contributed by atoms with van der Waals surface area (Å²) in [5.41, 5.74) is 1.32. The molecule has 0 heterocycles. The molecule has 0 radical (unpaired) electrons. The van der Waals surface area contributed by atoms with Gasteiger partial charge in [-0.2, -0.15) is 0 Å². The predicted octanol–water partition coefficient (Wildman–Crippen LogP) is 8.09. The number of hydrogen-bond acceptors (Lipinski definition) is 0. The predicted molar refractivity (Wildman–Crippen MR) is 103 cm³/mol. The average Bonchev–Trinajstić information content (AvgIpc) is 2.54. The van der Waals surface area contributed by atoms with Crippen LogP contribution in [0.25, 0.3) is 0 Å². The lowest BCUT2D eigenvalue weighted by molar-refractivity contribution is 0.542. The molecule has 0 spiro atoms. The fraction of sp³-hybridized carbons (Fsp3) is 0.727. The van der Waals surface area contributed by atoms with Gasteiger partial charge in [0.2, 0.25) is 0 Å². The van der Waals surface area contributed by atoms with E-state index in [1.807, 2.05) is 18.2 Å². The van der Waals surface area contributed by atoms with E-state index in [0.717, 1.165) is 0 Å². The molecule has 0 saturated heterocycles. The highest BCUT2D eigenvalue weighted by Crippen LogP contribution is 2.12. The van der Waals surface area contributed by atoms with Gasteiger partial charge in [0.1, 0.15) is 0 Å². The smallest absolute Gasteiger partial charge is 0.0398 e. The van der Waals surface area contributed by atoms with Gasteiger partial charge >= 0.3 is 0 Å². The second kappa shape index (κ2) is 18.3. The van der Waals surface area contributed by atoms with E-state index in [4.69, 9.17) is 0 Å². The number of rotatable bonds is 12. The highest BCUT2D eigenvalue weighted by Gasteiger charge is 1.92. The maximum absolute atomic E-state index is 2.29. The SMILES string of the molecule is CCCCCCCCCCCCCCC.Cc1ccccc1. The van der Waals surface area contributed by atoms with Crippen molar-refractivity contribution in [2.75, 3.05) is 0 Å². The average molecular weight is 305 g/mol. The van der Waals surface area contributed by atoms with Crippen LogP contribution in [0.4, 0.5) is 0 Å². The van der Waals surface area contributed by atoms with E-state index >= 15 is 0 Å². The molecule has 1 aromatic carbocycles. The van der Waals surface area contributed by atoms with Gasteiger partial charge in [0.05, 0.1) is 0 Å². The van der Waals surface area contributed by atoms with E-state index in [-0.39, 0.29) is 0 Å². The molecule has 0 heteroatoms. The molecule has 0 aromatic heterocycles. The lowest BCUT2D eigenvalue weighted by Crippen LogP contribution is -1.82. The van der Waals surface area contributed by atoms with Crippen molar-refractivity contribution in [3.8, 4) is 0 Å². The summed E-state index contributed by atoms with van der Waals surface area (Å²) in [6.07, 6.45) is 18.9. The van der Waals surface area contributed by atoms with Crippen LogP contribution in [0.1, 0.15) is 103 Å². The molecule has 0 fully saturated rings. The van der Waals surface area contributed by atoms with Gasteiger partial charge in [-0.3, -0.25) is 0 Å². The van der Waals surface area contributed by atoms with Crippen molar-refractivity contribution in [3.05, 3.63) is 35.9 Å². The molecule has 0 bridgehead atoms. The van der Waals surface area contributed by atoms with Crippen molar-refractivity contribution in [1.82, 2.24) is 0 Å². The van der Waals surface area contributed by atoms with Crippen molar-refractivity contribution >= 4 is 0 Å². The Kier molecular flexibility index (Phi) is 17.6. The molecule has 0 amide bonds. The first-order chi connectivity index (χ1) is 10.8. The van der Waals surface area contributed by atoms with E-state index < -0.39 is 0 Å². The zero-order valence-electron chi connectivity index (χ0n) is 15.6. The third kappa shape index (κ3) is 17.3. The number of hydrogen-bond donors (Lipinski definition) is 0. The second-order valence-corrected chi connectivity index (χ2v) is 6.54. The van der Waals surface area contributed by atoms with Crippen LogP contribution in [-0.2, 0) is 0 Å². The van der Waals surface area contributed by atoms with Gasteiger partial charge < -0.3 is 0 Å². The van der Waals surface area contributed by atoms with Crippen molar-refractivity contribution in [3.63, 3.8) is 0 Å². The molecule has 128 valence electrons. The summed E-state index contributed by atoms with van der Waals surface area (Å²) in [5.74, 6) is 0. The second-order valence-electron chi connectivity index (χ2n) is 6.54. The summed E-state index contributed by atoms with van der Waals surface area (Å²) >= 11 is 0. The molecule has 0 aliphatic rings. The maximum Gasteiger partial charge on any atom is -0.0398 e. The fourth-order valence-electron chi connectivity index (χ4n) is 2.63. The van der Waals surface area contributed by atoms with Gasteiger partial charge in [-0.15, -0.1) is 0 Å². The van der Waals surface area contributed by atoms with Gasteiger partial charge in [0, 0.05) is 0 Å². The molecule has 0 atom stereocenters. The Morgan fingerprint density at radius 2 is 0.818 bits per heavy atom. The monoisotopic (exact) mass is 304 g/mol. The fourth-order valence-corrected chi connectivity index (χ4v) is 2.63. The van der Waals surface area contributed by atoms with Gasteiger partial charge in [-0.05, 0) is 6.92 Å². The number of aryl methyl sites for hydroxylation is 1. The van der Waals surface area contributed by atoms with Gasteiger partial charge in [0.15, 0.2) is 0 Å². The van der Waals surface area contributed by atoms with Crippen LogP contribution in [0, 0.1) is 6.92 Å². The van der Waals surface area contributed by atoms with Crippen molar-refractivity contribution in [1.29, 1.82) is 0 Å². The first-order valence-electron chi connectivity index (χ1n) is 9.82. The third-order valence-corrected chi connectivity index (χ3v) is 4.15. The van der Waals surface area contributed by atoms with Crippen LogP contribution in [0.3, 0.4) is 0 Å². The zero-order chi connectivity index (χ0) is 16.3. The topological polar surface area (TPSA) is 0 Å². The molecule has 22 heavy (non-hydrogen) atoms. The Morgan fingerprint density at radius 3 is 1.05 bits per heavy atom. The normalized spacial score (nSPS) is 10.1. The van der Waals surface area contributed by atoms with Crippen LogP contribution >= 0.6 is 0 Å². The minimum Gasteiger partial charge on any atom is -0.0654 e. The molecule has 0 nitrogen and oxygen atoms in total. The Balaban J connectivity index is 0.000000518. The summed E-state index contributed by atoms with van der Waals surface area (Å²) in [6, 6.07) is 10.3. The summed E-state index contributed by atoms with van der Waals surface area (Å²) in [4.78, 5) is 0. The van der Waals surface area contributed by atoms with Crippen LogP contribution in [0.2, 0.25) is 0 Å². The summed E-state index contributed by atoms with van der Waals surface area (Å²) in [7, 11) is 0. The molecule has 0 unspecified atom stereocenters. The molecule has 0 aliphatic carbocycles. The first kappa shape index (κ1) is 21.2. The minimum atomic E-state index is 1.32. The zero-order valence-corrected chi connectivity index (χ0v) is 15.6. The lowest BCUT2D eigenvalue weighted by atomic mass is 10.1. The van der Waals surface area contributed by atoms with Crippen LogP contribution in [-0.4, -0.2) is 0 Å². The molecular weight excluding hydrogens is 264 g/mol. The highest BCUT2D eigenvalue weighted by atomic mass is 14.0. The van der Waals surface area contributed by atoms with Crippen LogP contribution in [0.15, 0.2) is 30.3 Å². The lowest BCUT2D eigenvalue weighted by Gasteiger charge is -2.01. The molecule has 1 aromatic rings. The molecular formula is C22H40. The van der Waals surface area contributed by atoms with E-state index in [9.17, 15) is 0 Å². The summed E-state index contributed by atoms with van der Waals surface area (Å²) in [6.45, 7) is 6.66. The third-order valence-electron chi connectivity index (χ3n) is 4.15.